The highest BCUT2D eigenvalue weighted by Crippen LogP contribution is 2.02. The Kier molecular flexibility index (Phi) is 3.70. The normalized spacial score (nSPS) is 9.69. The van der Waals surface area contributed by atoms with Crippen LogP contribution in [0.25, 0.3) is 0 Å². The van der Waals surface area contributed by atoms with E-state index in [1.54, 1.807) is 18.1 Å². The van der Waals surface area contributed by atoms with E-state index in [0.717, 1.165) is 5.01 Å². The molecule has 5 heteroatoms. The number of nitrogens with zero attached hydrogens (tertiary/aromatic N) is 2. The molecule has 1 aromatic rings. The molecule has 0 saturated heterocycles. The molecule has 13 heavy (non-hydrogen) atoms. The van der Waals surface area contributed by atoms with Gasteiger partial charge in [0.2, 0.25) is 0 Å². The van der Waals surface area contributed by atoms with Gasteiger partial charge in [0.1, 0.15) is 5.01 Å². The molecule has 1 rings (SSSR count). The molecule has 1 aromatic heterocycles. The van der Waals surface area contributed by atoms with Crippen molar-refractivity contribution < 1.29 is 4.79 Å². The summed E-state index contributed by atoms with van der Waals surface area (Å²) in [4.78, 5) is 16.9. The minimum absolute atomic E-state index is 0.0577. The van der Waals surface area contributed by atoms with Crippen molar-refractivity contribution in [2.75, 3.05) is 13.6 Å². The molecule has 0 bridgehead atoms. The summed E-state index contributed by atoms with van der Waals surface area (Å²) in [7, 11) is 1.76. The smallest absolute Gasteiger partial charge is 0.317 e. The third-order valence-electron chi connectivity index (χ3n) is 1.70. The number of amides is 2. The molecule has 0 aliphatic rings. The van der Waals surface area contributed by atoms with E-state index in [9.17, 15) is 4.79 Å². The third kappa shape index (κ3) is 3.02. The van der Waals surface area contributed by atoms with Gasteiger partial charge in [-0.3, -0.25) is 0 Å². The Bertz CT molecular complexity index is 260. The minimum atomic E-state index is -0.0577. The fourth-order valence-electron chi connectivity index (χ4n) is 0.770. The zero-order chi connectivity index (χ0) is 9.68. The number of carbonyl (C=O) groups excluding carboxylic acids is 1. The summed E-state index contributed by atoms with van der Waals surface area (Å²) in [6.07, 6.45) is 1.73. The maximum Gasteiger partial charge on any atom is 0.317 e. The largest absolute Gasteiger partial charge is 0.331 e. The average Bonchev–Trinajstić information content (AvgIpc) is 2.65. The molecule has 0 aromatic carbocycles. The Labute approximate surface area is 81.6 Å². The molecule has 0 saturated carbocycles. The van der Waals surface area contributed by atoms with Crippen LogP contribution in [0.5, 0.6) is 0 Å². The summed E-state index contributed by atoms with van der Waals surface area (Å²) in [6, 6.07) is -0.0577. The van der Waals surface area contributed by atoms with Crippen molar-refractivity contribution in [2.24, 2.45) is 0 Å². The lowest BCUT2D eigenvalue weighted by Gasteiger charge is -2.14. The van der Waals surface area contributed by atoms with Crippen LogP contribution in [0.2, 0.25) is 0 Å². The van der Waals surface area contributed by atoms with Gasteiger partial charge in [-0.15, -0.1) is 11.3 Å². The summed E-state index contributed by atoms with van der Waals surface area (Å²) >= 11 is 1.54. The van der Waals surface area contributed by atoms with Gasteiger partial charge in [-0.05, 0) is 6.92 Å². The molecule has 0 atom stereocenters. The molecule has 0 fully saturated rings. The van der Waals surface area contributed by atoms with Gasteiger partial charge >= 0.3 is 6.03 Å². The van der Waals surface area contributed by atoms with Crippen LogP contribution in [0, 0.1) is 0 Å². The van der Waals surface area contributed by atoms with Crippen LogP contribution in [0.3, 0.4) is 0 Å². The highest BCUT2D eigenvalue weighted by molar-refractivity contribution is 7.09. The lowest BCUT2D eigenvalue weighted by molar-refractivity contribution is 0.210. The highest BCUT2D eigenvalue weighted by Gasteiger charge is 2.05. The molecule has 1 heterocycles. The first-order chi connectivity index (χ1) is 6.24. The van der Waals surface area contributed by atoms with E-state index in [-0.39, 0.29) is 6.03 Å². The Balaban J connectivity index is 2.31. The lowest BCUT2D eigenvalue weighted by atomic mass is 10.6. The van der Waals surface area contributed by atoms with E-state index in [2.05, 4.69) is 10.3 Å². The molecule has 0 aliphatic heterocycles. The van der Waals surface area contributed by atoms with Gasteiger partial charge in [-0.2, -0.15) is 0 Å². The SMILES string of the molecule is CCN(C)C(=O)NCc1nccs1. The zero-order valence-electron chi connectivity index (χ0n) is 7.78. The summed E-state index contributed by atoms with van der Waals surface area (Å²) < 4.78 is 0. The van der Waals surface area contributed by atoms with Crippen LogP contribution < -0.4 is 5.32 Å². The first kappa shape index (κ1) is 9.98. The van der Waals surface area contributed by atoms with Crippen molar-refractivity contribution in [3.05, 3.63) is 16.6 Å². The fourth-order valence-corrected chi connectivity index (χ4v) is 1.33. The number of nitrogens with one attached hydrogen (secondary N) is 1. The maximum absolute atomic E-state index is 11.3. The molecule has 0 spiro atoms. The van der Waals surface area contributed by atoms with Crippen molar-refractivity contribution in [3.8, 4) is 0 Å². The number of hydrogen-bond acceptors (Lipinski definition) is 3. The van der Waals surface area contributed by atoms with Gasteiger partial charge in [0.15, 0.2) is 0 Å². The van der Waals surface area contributed by atoms with E-state index in [1.165, 1.54) is 11.3 Å². The van der Waals surface area contributed by atoms with Crippen LogP contribution in [-0.4, -0.2) is 29.5 Å². The van der Waals surface area contributed by atoms with Gasteiger partial charge < -0.3 is 10.2 Å². The monoisotopic (exact) mass is 199 g/mol. The van der Waals surface area contributed by atoms with Crippen molar-refractivity contribution in [1.82, 2.24) is 15.2 Å². The Morgan fingerprint density at radius 1 is 1.77 bits per heavy atom. The predicted molar refractivity (Wildman–Crippen MR) is 52.7 cm³/mol. The summed E-state index contributed by atoms with van der Waals surface area (Å²) in [5, 5.41) is 5.59. The van der Waals surface area contributed by atoms with Crippen LogP contribution in [0.15, 0.2) is 11.6 Å². The van der Waals surface area contributed by atoms with Crippen molar-refractivity contribution in [2.45, 2.75) is 13.5 Å². The number of carbonyl (C=O) groups is 1. The van der Waals surface area contributed by atoms with Crippen molar-refractivity contribution in [3.63, 3.8) is 0 Å². The van der Waals surface area contributed by atoms with Gasteiger partial charge in [0.05, 0.1) is 6.54 Å². The van der Waals surface area contributed by atoms with E-state index in [1.807, 2.05) is 12.3 Å². The number of hydrogen-bond donors (Lipinski definition) is 1. The second kappa shape index (κ2) is 4.81. The molecule has 2 amide bonds. The number of rotatable bonds is 3. The Morgan fingerprint density at radius 2 is 2.54 bits per heavy atom. The standard InChI is InChI=1S/C8H13N3OS/c1-3-11(2)8(12)10-6-7-9-4-5-13-7/h4-5H,3,6H2,1-2H3,(H,10,12). The molecule has 4 nitrogen and oxygen atoms in total. The molecule has 0 aliphatic carbocycles. The predicted octanol–water partition coefficient (Wildman–Crippen LogP) is 1.30. The topological polar surface area (TPSA) is 45.2 Å². The van der Waals surface area contributed by atoms with E-state index in [4.69, 9.17) is 0 Å². The summed E-state index contributed by atoms with van der Waals surface area (Å²) in [5.41, 5.74) is 0. The molecular formula is C8H13N3OS. The van der Waals surface area contributed by atoms with Gasteiger partial charge in [-0.25, -0.2) is 9.78 Å². The first-order valence-electron chi connectivity index (χ1n) is 4.11. The Morgan fingerprint density at radius 3 is 3.08 bits per heavy atom. The number of thiazole rings is 1. The minimum Gasteiger partial charge on any atom is -0.331 e. The van der Waals surface area contributed by atoms with Crippen molar-refractivity contribution in [1.29, 1.82) is 0 Å². The lowest BCUT2D eigenvalue weighted by Crippen LogP contribution is -2.36. The number of aromatic nitrogens is 1. The fraction of sp³-hybridized carbons (Fsp3) is 0.500. The van der Waals surface area contributed by atoms with E-state index >= 15 is 0 Å². The average molecular weight is 199 g/mol. The van der Waals surface area contributed by atoms with E-state index < -0.39 is 0 Å². The third-order valence-corrected chi connectivity index (χ3v) is 2.47. The van der Waals surface area contributed by atoms with Gasteiger partial charge in [0.25, 0.3) is 0 Å². The van der Waals surface area contributed by atoms with Gasteiger partial charge in [0, 0.05) is 25.2 Å². The number of urea groups is 1. The second-order valence-electron chi connectivity index (χ2n) is 2.60. The molecule has 1 N–H and O–H groups in total. The van der Waals surface area contributed by atoms with Crippen LogP contribution in [0.1, 0.15) is 11.9 Å². The summed E-state index contributed by atoms with van der Waals surface area (Å²) in [5.74, 6) is 0. The highest BCUT2D eigenvalue weighted by atomic mass is 32.1. The Hall–Kier alpha value is -1.10. The van der Waals surface area contributed by atoms with Crippen LogP contribution in [-0.2, 0) is 6.54 Å². The molecule has 0 unspecified atom stereocenters. The second-order valence-corrected chi connectivity index (χ2v) is 3.58. The van der Waals surface area contributed by atoms with Crippen LogP contribution in [0.4, 0.5) is 4.79 Å². The van der Waals surface area contributed by atoms with Gasteiger partial charge in [-0.1, -0.05) is 0 Å². The zero-order valence-corrected chi connectivity index (χ0v) is 8.60. The summed E-state index contributed by atoms with van der Waals surface area (Å²) in [6.45, 7) is 3.16. The first-order valence-corrected chi connectivity index (χ1v) is 4.99. The maximum atomic E-state index is 11.3. The van der Waals surface area contributed by atoms with Crippen LogP contribution >= 0.6 is 11.3 Å². The molecule has 0 radical (unpaired) electrons. The molecule has 72 valence electrons. The van der Waals surface area contributed by atoms with Crippen molar-refractivity contribution >= 4 is 17.4 Å². The molecular weight excluding hydrogens is 186 g/mol. The van der Waals surface area contributed by atoms with E-state index in [0.29, 0.717) is 13.1 Å². The quantitative estimate of drug-likeness (QED) is 0.797.